The molecule has 33 heavy (non-hydrogen) atoms. The molecule has 0 radical (unpaired) electrons. The summed E-state index contributed by atoms with van der Waals surface area (Å²) in [4.78, 5) is 25.6. The van der Waals surface area contributed by atoms with Gasteiger partial charge in [0.15, 0.2) is 0 Å². The molecule has 1 aromatic carbocycles. The number of aryl methyl sites for hydroxylation is 1. The van der Waals surface area contributed by atoms with E-state index in [1.165, 1.54) is 33.2 Å². The minimum atomic E-state index is -0.770. The van der Waals surface area contributed by atoms with Gasteiger partial charge in [0.1, 0.15) is 17.3 Å². The number of halogens is 2. The van der Waals surface area contributed by atoms with E-state index < -0.39 is 17.5 Å². The van der Waals surface area contributed by atoms with E-state index in [0.29, 0.717) is 17.3 Å². The van der Waals surface area contributed by atoms with Gasteiger partial charge in [-0.3, -0.25) is 9.59 Å². The van der Waals surface area contributed by atoms with Gasteiger partial charge in [0, 0.05) is 25.7 Å². The zero-order chi connectivity index (χ0) is 24.1. The Morgan fingerprint density at radius 2 is 1.76 bits per heavy atom. The summed E-state index contributed by atoms with van der Waals surface area (Å²) in [5.41, 5.74) is 7.15. The number of amides is 2. The molecular formula is C25H30F2N4O2. The lowest BCUT2D eigenvalue weighted by Crippen LogP contribution is -2.18. The van der Waals surface area contributed by atoms with Gasteiger partial charge in [-0.2, -0.15) is 0 Å². The van der Waals surface area contributed by atoms with E-state index in [1.54, 1.807) is 0 Å². The van der Waals surface area contributed by atoms with Crippen LogP contribution >= 0.6 is 0 Å². The number of pyridine rings is 1. The van der Waals surface area contributed by atoms with Gasteiger partial charge in [0.05, 0.1) is 17.0 Å². The van der Waals surface area contributed by atoms with Crippen molar-refractivity contribution in [3.63, 3.8) is 0 Å². The predicted octanol–water partition coefficient (Wildman–Crippen LogP) is 4.56. The topological polar surface area (TPSA) is 89.5 Å². The van der Waals surface area contributed by atoms with Crippen LogP contribution in [0.4, 0.5) is 8.78 Å². The summed E-state index contributed by atoms with van der Waals surface area (Å²) in [5.74, 6) is -1.91. The monoisotopic (exact) mass is 456 g/mol. The second-order valence-corrected chi connectivity index (χ2v) is 8.55. The van der Waals surface area contributed by atoms with Crippen LogP contribution in [-0.2, 0) is 11.2 Å². The first-order chi connectivity index (χ1) is 15.7. The Kier molecular flexibility index (Phi) is 7.79. The molecule has 0 aliphatic heterocycles. The number of nitrogens with one attached hydrogen (secondary N) is 1. The first-order valence-electron chi connectivity index (χ1n) is 11.2. The molecule has 8 heteroatoms. The Labute approximate surface area is 192 Å². The average molecular weight is 457 g/mol. The van der Waals surface area contributed by atoms with Crippen molar-refractivity contribution in [2.45, 2.75) is 52.4 Å². The van der Waals surface area contributed by atoms with E-state index in [1.807, 2.05) is 29.7 Å². The summed E-state index contributed by atoms with van der Waals surface area (Å²) in [6.07, 6.45) is 8.54. The van der Waals surface area contributed by atoms with Crippen LogP contribution in [0.3, 0.4) is 0 Å². The van der Waals surface area contributed by atoms with E-state index in [2.05, 4.69) is 16.0 Å². The Morgan fingerprint density at radius 1 is 1.15 bits per heavy atom. The summed E-state index contributed by atoms with van der Waals surface area (Å²) in [5, 5.41) is 2.40. The number of nitrogens with zero attached hydrogens (tertiary/aromatic N) is 2. The van der Waals surface area contributed by atoms with Crippen molar-refractivity contribution >= 4 is 17.5 Å². The van der Waals surface area contributed by atoms with Crippen molar-refractivity contribution in [1.29, 1.82) is 0 Å². The lowest BCUT2D eigenvalue weighted by molar-refractivity contribution is -0.115. The van der Waals surface area contributed by atoms with Crippen molar-refractivity contribution < 1.29 is 18.4 Å². The van der Waals surface area contributed by atoms with Crippen molar-refractivity contribution in [3.05, 3.63) is 58.9 Å². The van der Waals surface area contributed by atoms with Gasteiger partial charge in [0.25, 0.3) is 5.91 Å². The number of aromatic nitrogens is 2. The van der Waals surface area contributed by atoms with Crippen molar-refractivity contribution in [2.24, 2.45) is 11.7 Å². The van der Waals surface area contributed by atoms with Crippen molar-refractivity contribution in [1.82, 2.24) is 14.7 Å². The van der Waals surface area contributed by atoms with Crippen molar-refractivity contribution in [3.8, 4) is 11.3 Å². The molecule has 2 aromatic heterocycles. The number of hydrogen-bond acceptors (Lipinski definition) is 3. The zero-order valence-electron chi connectivity index (χ0n) is 19.3. The highest BCUT2D eigenvalue weighted by Crippen LogP contribution is 2.34. The Balaban J connectivity index is 0.000000709. The fourth-order valence-corrected chi connectivity index (χ4v) is 4.33. The van der Waals surface area contributed by atoms with Crippen LogP contribution < -0.4 is 11.1 Å². The molecule has 1 aliphatic rings. The normalized spacial score (nSPS) is 14.0. The number of hydrogen-bond donors (Lipinski definition) is 2. The minimum absolute atomic E-state index is 0.0420. The summed E-state index contributed by atoms with van der Waals surface area (Å²) in [7, 11) is 1.43. The molecule has 6 nitrogen and oxygen atoms in total. The molecule has 1 aliphatic carbocycles. The molecule has 176 valence electrons. The maximum atomic E-state index is 15.0. The maximum absolute atomic E-state index is 15.0. The number of benzene rings is 1. The SMILES string of the molecule is CC(N)=O.CNC(=O)c1cc(F)c(-c2nc3cc(C)ccn3c2CC2CCCCC2)c(F)c1. The minimum Gasteiger partial charge on any atom is -0.370 e. The van der Waals surface area contributed by atoms with Crippen LogP contribution in [0.25, 0.3) is 16.9 Å². The molecule has 2 heterocycles. The number of nitrogens with two attached hydrogens (primary N) is 1. The Hall–Kier alpha value is -3.29. The Morgan fingerprint density at radius 3 is 2.33 bits per heavy atom. The van der Waals surface area contributed by atoms with Gasteiger partial charge >= 0.3 is 0 Å². The number of imidazole rings is 1. The standard InChI is InChI=1S/C23H25F2N3O.C2H5NO/c1-14-8-9-28-19(11-15-6-4-3-5-7-15)22(27-20(28)10-14)21-17(24)12-16(13-18(21)25)23(29)26-2;1-2(3)4/h8-10,12-13,15H,3-7,11H2,1-2H3,(H,26,29);1H3,(H2,3,4). The van der Waals surface area contributed by atoms with E-state index in [0.717, 1.165) is 42.7 Å². The number of fused-ring (bicyclic) bond motifs is 1. The lowest BCUT2D eigenvalue weighted by atomic mass is 9.85. The third-order valence-corrected chi connectivity index (χ3v) is 5.86. The fraction of sp³-hybridized carbons (Fsp3) is 0.400. The Bertz CT molecular complexity index is 1140. The molecule has 2 amide bonds. The summed E-state index contributed by atoms with van der Waals surface area (Å²) in [6.45, 7) is 3.27. The van der Waals surface area contributed by atoms with Gasteiger partial charge in [-0.1, -0.05) is 32.1 Å². The molecule has 3 N–H and O–H groups in total. The highest BCUT2D eigenvalue weighted by Gasteiger charge is 2.25. The van der Waals surface area contributed by atoms with Crippen molar-refractivity contribution in [2.75, 3.05) is 7.05 Å². The third kappa shape index (κ3) is 5.74. The van der Waals surface area contributed by atoms with Crippen LogP contribution in [-0.4, -0.2) is 28.2 Å². The third-order valence-electron chi connectivity index (χ3n) is 5.86. The van der Waals surface area contributed by atoms with Gasteiger partial charge in [-0.15, -0.1) is 0 Å². The number of primary amides is 1. The molecule has 1 saturated carbocycles. The molecule has 0 spiro atoms. The van der Waals surface area contributed by atoms with Crippen LogP contribution in [0.1, 0.15) is 60.6 Å². The molecule has 0 bridgehead atoms. The highest BCUT2D eigenvalue weighted by atomic mass is 19.1. The molecule has 0 unspecified atom stereocenters. The lowest BCUT2D eigenvalue weighted by Gasteiger charge is -2.22. The van der Waals surface area contributed by atoms with Crippen LogP contribution in [0, 0.1) is 24.5 Å². The van der Waals surface area contributed by atoms with E-state index >= 15 is 0 Å². The van der Waals surface area contributed by atoms with E-state index in [4.69, 9.17) is 0 Å². The van der Waals surface area contributed by atoms with E-state index in [9.17, 15) is 18.4 Å². The van der Waals surface area contributed by atoms with Crippen LogP contribution in [0.2, 0.25) is 0 Å². The summed E-state index contributed by atoms with van der Waals surface area (Å²) in [6, 6.07) is 6.06. The molecule has 0 saturated heterocycles. The molecule has 4 rings (SSSR count). The smallest absolute Gasteiger partial charge is 0.251 e. The first kappa shape index (κ1) is 24.4. The average Bonchev–Trinajstić information content (AvgIpc) is 3.09. The second-order valence-electron chi connectivity index (χ2n) is 8.55. The summed E-state index contributed by atoms with van der Waals surface area (Å²) < 4.78 is 31.9. The molecule has 0 atom stereocenters. The number of rotatable bonds is 4. The van der Waals surface area contributed by atoms with E-state index in [-0.39, 0.29) is 17.0 Å². The van der Waals surface area contributed by atoms with Gasteiger partial charge in [0.2, 0.25) is 5.91 Å². The second kappa shape index (κ2) is 10.6. The fourth-order valence-electron chi connectivity index (χ4n) is 4.33. The molecular weight excluding hydrogens is 426 g/mol. The first-order valence-corrected chi connectivity index (χ1v) is 11.2. The largest absolute Gasteiger partial charge is 0.370 e. The predicted molar refractivity (Wildman–Crippen MR) is 124 cm³/mol. The summed E-state index contributed by atoms with van der Waals surface area (Å²) >= 11 is 0. The molecule has 3 aromatic rings. The van der Waals surface area contributed by atoms with Crippen LogP contribution in [0.5, 0.6) is 0 Å². The van der Waals surface area contributed by atoms with Gasteiger partial charge in [-0.05, 0) is 49.1 Å². The highest BCUT2D eigenvalue weighted by molar-refractivity contribution is 5.94. The quantitative estimate of drug-likeness (QED) is 0.603. The number of carbonyl (C=O) groups is 2. The molecule has 1 fully saturated rings. The maximum Gasteiger partial charge on any atom is 0.251 e. The van der Waals surface area contributed by atoms with Gasteiger partial charge in [-0.25, -0.2) is 13.8 Å². The number of carbonyl (C=O) groups excluding carboxylic acids is 2. The van der Waals surface area contributed by atoms with Gasteiger partial charge < -0.3 is 15.5 Å². The zero-order valence-corrected chi connectivity index (χ0v) is 19.3. The van der Waals surface area contributed by atoms with Crippen LogP contribution in [0.15, 0.2) is 30.5 Å².